The lowest BCUT2D eigenvalue weighted by Gasteiger charge is -2.23. The lowest BCUT2D eigenvalue weighted by molar-refractivity contribution is 0.0946. The Morgan fingerprint density at radius 2 is 2.10 bits per heavy atom. The largest absolute Gasteiger partial charge is 0.351 e. The lowest BCUT2D eigenvalue weighted by Crippen LogP contribution is -2.36. The number of amides is 1. The van der Waals surface area contributed by atoms with Crippen LogP contribution in [0.25, 0.3) is 0 Å². The summed E-state index contributed by atoms with van der Waals surface area (Å²) in [6, 6.07) is 9.45. The number of hydrogen-bond acceptors (Lipinski definition) is 2. The minimum atomic E-state index is -0.152. The molecule has 0 fully saturated rings. The average molecular weight is 373 g/mol. The second kappa shape index (κ2) is 6.29. The Bertz CT molecular complexity index is 610. The summed E-state index contributed by atoms with van der Waals surface area (Å²) in [4.78, 5) is 13.5. The Kier molecular flexibility index (Phi) is 4.89. The highest BCUT2D eigenvalue weighted by Crippen LogP contribution is 2.28. The van der Waals surface area contributed by atoms with E-state index >= 15 is 0 Å². The maximum Gasteiger partial charge on any atom is 0.252 e. The fourth-order valence-electron chi connectivity index (χ4n) is 1.83. The van der Waals surface area contributed by atoms with Crippen LogP contribution in [-0.2, 0) is 5.41 Å². The maximum absolute atomic E-state index is 12.2. The van der Waals surface area contributed by atoms with E-state index in [1.165, 1.54) is 4.88 Å². The van der Waals surface area contributed by atoms with E-state index in [1.807, 2.05) is 17.5 Å². The van der Waals surface area contributed by atoms with E-state index in [4.69, 9.17) is 11.6 Å². The van der Waals surface area contributed by atoms with Gasteiger partial charge in [0.15, 0.2) is 0 Å². The molecule has 0 radical (unpaired) electrons. The minimum absolute atomic E-state index is 0.0949. The molecule has 0 aliphatic rings. The standard InChI is InChI=1S/C15H15BrClNOS/c1-15(2,12-7-4-8-20-12)9-18-14(19)10-5-3-6-11(16)13(10)17/h3-8H,9H2,1-2H3,(H,18,19). The number of carbonyl (C=O) groups is 1. The summed E-state index contributed by atoms with van der Waals surface area (Å²) in [6.07, 6.45) is 0. The number of rotatable bonds is 4. The van der Waals surface area contributed by atoms with Crippen LogP contribution in [0.4, 0.5) is 0 Å². The van der Waals surface area contributed by atoms with E-state index in [9.17, 15) is 4.79 Å². The molecule has 0 atom stereocenters. The van der Waals surface area contributed by atoms with Gasteiger partial charge in [0, 0.05) is 21.3 Å². The van der Waals surface area contributed by atoms with Gasteiger partial charge in [-0.1, -0.05) is 37.6 Å². The number of benzene rings is 1. The van der Waals surface area contributed by atoms with Gasteiger partial charge in [-0.2, -0.15) is 0 Å². The molecular weight excluding hydrogens is 358 g/mol. The highest BCUT2D eigenvalue weighted by atomic mass is 79.9. The third kappa shape index (κ3) is 3.43. The fourth-order valence-corrected chi connectivity index (χ4v) is 3.26. The molecule has 0 saturated heterocycles. The van der Waals surface area contributed by atoms with Gasteiger partial charge in [-0.3, -0.25) is 4.79 Å². The zero-order chi connectivity index (χ0) is 14.8. The molecule has 0 saturated carbocycles. The van der Waals surface area contributed by atoms with Gasteiger partial charge in [-0.05, 0) is 39.5 Å². The zero-order valence-corrected chi connectivity index (χ0v) is 14.4. The summed E-state index contributed by atoms with van der Waals surface area (Å²) < 4.78 is 0.726. The molecule has 0 aliphatic heterocycles. The van der Waals surface area contributed by atoms with Crippen molar-refractivity contribution in [3.05, 3.63) is 55.6 Å². The van der Waals surface area contributed by atoms with Gasteiger partial charge in [0.1, 0.15) is 0 Å². The molecule has 0 bridgehead atoms. The van der Waals surface area contributed by atoms with Gasteiger partial charge in [0.25, 0.3) is 5.91 Å². The maximum atomic E-state index is 12.2. The summed E-state index contributed by atoms with van der Waals surface area (Å²) in [7, 11) is 0. The quantitative estimate of drug-likeness (QED) is 0.815. The van der Waals surface area contributed by atoms with Crippen LogP contribution >= 0.6 is 38.9 Å². The topological polar surface area (TPSA) is 29.1 Å². The Morgan fingerprint density at radius 3 is 2.75 bits per heavy atom. The molecule has 2 rings (SSSR count). The van der Waals surface area contributed by atoms with Crippen LogP contribution in [0.5, 0.6) is 0 Å². The Labute approximate surface area is 136 Å². The molecular formula is C15H15BrClNOS. The number of nitrogens with one attached hydrogen (secondary N) is 1. The summed E-state index contributed by atoms with van der Waals surface area (Å²) in [5.74, 6) is -0.152. The van der Waals surface area contributed by atoms with Gasteiger partial charge in [0.05, 0.1) is 10.6 Å². The lowest BCUT2D eigenvalue weighted by atomic mass is 9.91. The number of thiophene rings is 1. The fraction of sp³-hybridized carbons (Fsp3) is 0.267. The molecule has 1 aromatic heterocycles. The van der Waals surface area contributed by atoms with Crippen LogP contribution in [-0.4, -0.2) is 12.5 Å². The molecule has 106 valence electrons. The van der Waals surface area contributed by atoms with E-state index in [1.54, 1.807) is 23.5 Å². The van der Waals surface area contributed by atoms with Crippen molar-refractivity contribution in [3.63, 3.8) is 0 Å². The van der Waals surface area contributed by atoms with Crippen LogP contribution in [0.3, 0.4) is 0 Å². The Hall–Kier alpha value is -0.840. The molecule has 0 aliphatic carbocycles. The van der Waals surface area contributed by atoms with Crippen molar-refractivity contribution >= 4 is 44.8 Å². The van der Waals surface area contributed by atoms with Crippen LogP contribution in [0.2, 0.25) is 5.02 Å². The Morgan fingerprint density at radius 1 is 1.35 bits per heavy atom. The number of carbonyl (C=O) groups excluding carboxylic acids is 1. The molecule has 2 nitrogen and oxygen atoms in total. The molecule has 5 heteroatoms. The van der Waals surface area contributed by atoms with Crippen LogP contribution in [0.15, 0.2) is 40.2 Å². The molecule has 20 heavy (non-hydrogen) atoms. The van der Waals surface area contributed by atoms with Crippen molar-refractivity contribution in [2.24, 2.45) is 0 Å². The molecule has 2 aromatic rings. The SMILES string of the molecule is CC(C)(CNC(=O)c1cccc(Br)c1Cl)c1cccs1. The predicted molar refractivity (Wildman–Crippen MR) is 88.8 cm³/mol. The van der Waals surface area contributed by atoms with Crippen molar-refractivity contribution in [2.75, 3.05) is 6.54 Å². The second-order valence-electron chi connectivity index (χ2n) is 5.15. The zero-order valence-electron chi connectivity index (χ0n) is 11.2. The Balaban J connectivity index is 2.08. The first kappa shape index (κ1) is 15.5. The number of halogens is 2. The van der Waals surface area contributed by atoms with E-state index < -0.39 is 0 Å². The monoisotopic (exact) mass is 371 g/mol. The third-order valence-corrected chi connectivity index (χ3v) is 5.61. The number of hydrogen-bond donors (Lipinski definition) is 1. The van der Waals surface area contributed by atoms with E-state index in [2.05, 4.69) is 41.2 Å². The van der Waals surface area contributed by atoms with Gasteiger partial charge < -0.3 is 5.32 Å². The van der Waals surface area contributed by atoms with Crippen molar-refractivity contribution in [3.8, 4) is 0 Å². The molecule has 1 aromatic carbocycles. The van der Waals surface area contributed by atoms with E-state index in [0.29, 0.717) is 17.1 Å². The van der Waals surface area contributed by atoms with Crippen molar-refractivity contribution in [1.29, 1.82) is 0 Å². The first-order chi connectivity index (χ1) is 9.42. The highest BCUT2D eigenvalue weighted by molar-refractivity contribution is 9.10. The third-order valence-electron chi connectivity index (χ3n) is 3.08. The van der Waals surface area contributed by atoms with Crippen LogP contribution < -0.4 is 5.32 Å². The first-order valence-electron chi connectivity index (χ1n) is 6.18. The highest BCUT2D eigenvalue weighted by Gasteiger charge is 2.23. The molecule has 0 unspecified atom stereocenters. The first-order valence-corrected chi connectivity index (χ1v) is 8.23. The van der Waals surface area contributed by atoms with Gasteiger partial charge in [-0.15, -0.1) is 11.3 Å². The summed E-state index contributed by atoms with van der Waals surface area (Å²) in [6.45, 7) is 4.79. The molecule has 1 N–H and O–H groups in total. The molecule has 0 spiro atoms. The average Bonchev–Trinajstić information content (AvgIpc) is 2.94. The molecule has 1 heterocycles. The van der Waals surface area contributed by atoms with Crippen molar-refractivity contribution in [2.45, 2.75) is 19.3 Å². The van der Waals surface area contributed by atoms with Crippen molar-refractivity contribution in [1.82, 2.24) is 5.32 Å². The van der Waals surface area contributed by atoms with E-state index in [0.717, 1.165) is 4.47 Å². The summed E-state index contributed by atoms with van der Waals surface area (Å²) >= 11 is 11.2. The second-order valence-corrected chi connectivity index (χ2v) is 7.33. The van der Waals surface area contributed by atoms with Gasteiger partial charge >= 0.3 is 0 Å². The summed E-state index contributed by atoms with van der Waals surface area (Å²) in [5.41, 5.74) is 0.394. The van der Waals surface area contributed by atoms with Gasteiger partial charge in [0.2, 0.25) is 0 Å². The van der Waals surface area contributed by atoms with Crippen molar-refractivity contribution < 1.29 is 4.79 Å². The van der Waals surface area contributed by atoms with Crippen LogP contribution in [0, 0.1) is 0 Å². The van der Waals surface area contributed by atoms with Crippen LogP contribution in [0.1, 0.15) is 29.1 Å². The molecule has 1 amide bonds. The van der Waals surface area contributed by atoms with Gasteiger partial charge in [-0.25, -0.2) is 0 Å². The normalized spacial score (nSPS) is 11.4. The smallest absolute Gasteiger partial charge is 0.252 e. The predicted octanol–water partition coefficient (Wildman–Crippen LogP) is 4.87. The minimum Gasteiger partial charge on any atom is -0.351 e. The summed E-state index contributed by atoms with van der Waals surface area (Å²) in [5, 5.41) is 5.45. The van der Waals surface area contributed by atoms with E-state index in [-0.39, 0.29) is 11.3 Å².